The Morgan fingerprint density at radius 2 is 1.95 bits per heavy atom. The minimum atomic E-state index is -1.78. The van der Waals surface area contributed by atoms with Crippen LogP contribution in [0.5, 0.6) is 0 Å². The standard InChI is InChI=1S/C22H26N10O7S3/c1-22(2,19(37)38)39-30-10(8-6-41-20(26)27-8)15(33)28-11-16(34)32-12(18(35)36)7(4-40-17(11)32)5-42-21-29-13(24)9(23)14(25)31(21)3/h6,11,17H,4-5H2,1-3H3,(H10,23,24,25,26,27,28,30,33,35,36,37,38)/p+1/t11?,17-/m1/s1. The molecule has 2 aromatic rings. The summed E-state index contributed by atoms with van der Waals surface area (Å²) in [4.78, 5) is 64.5. The number of aromatic nitrogens is 3. The van der Waals surface area contributed by atoms with Gasteiger partial charge in [0, 0.05) is 16.9 Å². The number of carbonyl (C=O) groups excluding carboxylic acids is 2. The number of carboxylic acids is 2. The van der Waals surface area contributed by atoms with E-state index in [2.05, 4.69) is 20.4 Å². The van der Waals surface area contributed by atoms with Gasteiger partial charge in [0.1, 0.15) is 22.8 Å². The molecule has 2 aromatic heterocycles. The average Bonchev–Trinajstić information content (AvgIpc) is 3.36. The highest BCUT2D eigenvalue weighted by atomic mass is 32.2. The van der Waals surface area contributed by atoms with Gasteiger partial charge in [0.15, 0.2) is 16.5 Å². The molecule has 0 aromatic carbocycles. The van der Waals surface area contributed by atoms with Gasteiger partial charge in [-0.25, -0.2) is 19.1 Å². The van der Waals surface area contributed by atoms with Crippen LogP contribution in [0.2, 0.25) is 0 Å². The van der Waals surface area contributed by atoms with Crippen LogP contribution in [0.15, 0.2) is 27.0 Å². The maximum absolute atomic E-state index is 13.2. The Bertz CT molecular complexity index is 1560. The zero-order valence-electron chi connectivity index (χ0n) is 22.4. The lowest BCUT2D eigenvalue weighted by Gasteiger charge is -2.49. The Balaban J connectivity index is 1.54. The molecule has 1 saturated heterocycles. The second-order valence-electron chi connectivity index (χ2n) is 9.46. The Morgan fingerprint density at radius 3 is 2.55 bits per heavy atom. The van der Waals surface area contributed by atoms with Gasteiger partial charge in [0.2, 0.25) is 17.2 Å². The summed E-state index contributed by atoms with van der Waals surface area (Å²) in [6.45, 7) is 2.47. The number of nitrogens with one attached hydrogen (secondary N) is 1. The van der Waals surface area contributed by atoms with Crippen molar-refractivity contribution in [3.05, 3.63) is 22.3 Å². The first kappa shape index (κ1) is 30.7. The first-order valence-corrected chi connectivity index (χ1v) is 14.8. The smallest absolute Gasteiger partial charge is 0.352 e. The topological polar surface area (TPSA) is 279 Å². The highest BCUT2D eigenvalue weighted by Crippen LogP contribution is 2.41. The lowest BCUT2D eigenvalue weighted by molar-refractivity contribution is -0.698. The fraction of sp³-hybridized carbons (Fsp3) is 0.364. The van der Waals surface area contributed by atoms with Crippen LogP contribution in [0.1, 0.15) is 19.5 Å². The molecule has 0 spiro atoms. The summed E-state index contributed by atoms with van der Waals surface area (Å²) >= 11 is 3.44. The van der Waals surface area contributed by atoms with E-state index in [0.717, 1.165) is 16.2 Å². The number of aliphatic carboxylic acids is 2. The molecule has 1 unspecified atom stereocenters. The summed E-state index contributed by atoms with van der Waals surface area (Å²) in [5.74, 6) is -3.56. The van der Waals surface area contributed by atoms with E-state index in [1.54, 1.807) is 7.05 Å². The van der Waals surface area contributed by atoms with E-state index >= 15 is 0 Å². The van der Waals surface area contributed by atoms with Gasteiger partial charge in [-0.3, -0.25) is 14.5 Å². The zero-order chi connectivity index (χ0) is 31.1. The lowest BCUT2D eigenvalue weighted by atomic mass is 10.0. The van der Waals surface area contributed by atoms with Gasteiger partial charge in [-0.2, -0.15) is 0 Å². The largest absolute Gasteiger partial charge is 0.478 e. The number of anilines is 4. The van der Waals surface area contributed by atoms with E-state index in [1.165, 1.54) is 47.3 Å². The molecule has 2 aliphatic heterocycles. The second-order valence-corrected chi connectivity index (χ2v) is 12.4. The van der Waals surface area contributed by atoms with Crippen molar-refractivity contribution in [2.75, 3.05) is 34.4 Å². The third-order valence-electron chi connectivity index (χ3n) is 6.19. The predicted molar refractivity (Wildman–Crippen MR) is 155 cm³/mol. The summed E-state index contributed by atoms with van der Waals surface area (Å²) in [6, 6.07) is -1.10. The van der Waals surface area contributed by atoms with E-state index < -0.39 is 46.5 Å². The number of amides is 2. The van der Waals surface area contributed by atoms with E-state index in [-0.39, 0.29) is 45.4 Å². The van der Waals surface area contributed by atoms with Crippen molar-refractivity contribution < 1.29 is 38.8 Å². The SMILES string of the molecule is C[n+]1c(SCC2=C(C(=O)O)N3C(=O)C(NC(=O)/C(=N\OC(C)(C)C(=O)O)c4csc(N)n4)[C@H]3SC2)nc(N)c(N)c1N. The minimum absolute atomic E-state index is 0.00672. The number of nitrogen functional groups attached to an aromatic ring is 4. The molecular weight excluding hydrogens is 613 g/mol. The summed E-state index contributed by atoms with van der Waals surface area (Å²) < 4.78 is 1.52. The Morgan fingerprint density at radius 1 is 1.26 bits per heavy atom. The molecule has 2 atom stereocenters. The maximum atomic E-state index is 13.2. The molecule has 224 valence electrons. The average molecular weight is 640 g/mol. The van der Waals surface area contributed by atoms with Crippen molar-refractivity contribution in [2.45, 2.75) is 36.0 Å². The van der Waals surface area contributed by atoms with Gasteiger partial charge < -0.3 is 43.3 Å². The quantitative estimate of drug-likeness (QED) is 0.0402. The highest BCUT2D eigenvalue weighted by Gasteiger charge is 2.54. The number of nitrogens with zero attached hydrogens (tertiary/aromatic N) is 5. The normalized spacial score (nSPS) is 18.8. The molecule has 1 fully saturated rings. The van der Waals surface area contributed by atoms with Gasteiger partial charge in [-0.15, -0.1) is 23.1 Å². The number of hydrogen-bond acceptors (Lipinski definition) is 15. The molecular formula is C22H27N10O7S3+. The molecule has 20 heteroatoms. The van der Waals surface area contributed by atoms with Gasteiger partial charge in [0.25, 0.3) is 11.8 Å². The molecule has 17 nitrogen and oxygen atoms in total. The first-order chi connectivity index (χ1) is 19.6. The van der Waals surface area contributed by atoms with Gasteiger partial charge in [-0.1, -0.05) is 10.1 Å². The van der Waals surface area contributed by atoms with Crippen LogP contribution in [-0.4, -0.2) is 83.1 Å². The van der Waals surface area contributed by atoms with Crippen molar-refractivity contribution >= 4 is 86.8 Å². The molecule has 2 aliphatic rings. The van der Waals surface area contributed by atoms with E-state index in [4.69, 9.17) is 27.8 Å². The fourth-order valence-corrected chi connectivity index (χ4v) is 6.76. The monoisotopic (exact) mass is 639 g/mol. The van der Waals surface area contributed by atoms with Crippen LogP contribution in [0.3, 0.4) is 0 Å². The first-order valence-electron chi connectivity index (χ1n) is 11.9. The molecule has 0 radical (unpaired) electrons. The molecule has 0 aliphatic carbocycles. The van der Waals surface area contributed by atoms with Crippen LogP contribution in [-0.2, 0) is 31.1 Å². The number of rotatable bonds is 10. The number of carbonyl (C=O) groups is 4. The molecule has 0 saturated carbocycles. The third kappa shape index (κ3) is 5.72. The number of β-lactam (4-membered cyclic amide) rings is 1. The van der Waals surface area contributed by atoms with Crippen molar-refractivity contribution in [2.24, 2.45) is 12.2 Å². The van der Waals surface area contributed by atoms with Crippen LogP contribution < -0.4 is 32.8 Å². The highest BCUT2D eigenvalue weighted by molar-refractivity contribution is 8.01. The van der Waals surface area contributed by atoms with Crippen LogP contribution in [0, 0.1) is 0 Å². The number of thiazole rings is 1. The van der Waals surface area contributed by atoms with Crippen molar-refractivity contribution in [3.63, 3.8) is 0 Å². The van der Waals surface area contributed by atoms with Crippen LogP contribution in [0.4, 0.5) is 22.5 Å². The number of fused-ring (bicyclic) bond motifs is 1. The number of hydrogen-bond donors (Lipinski definition) is 7. The minimum Gasteiger partial charge on any atom is -0.478 e. The predicted octanol–water partition coefficient (Wildman–Crippen LogP) is -1.19. The molecule has 4 heterocycles. The lowest BCUT2D eigenvalue weighted by Crippen LogP contribution is -2.71. The Kier molecular flexibility index (Phi) is 8.41. The molecule has 0 bridgehead atoms. The molecule has 4 rings (SSSR count). The van der Waals surface area contributed by atoms with Crippen molar-refractivity contribution in [1.29, 1.82) is 0 Å². The van der Waals surface area contributed by atoms with Gasteiger partial charge in [-0.05, 0) is 31.2 Å². The number of carboxylic acid groups (broad SMARTS) is 2. The molecule has 11 N–H and O–H groups in total. The second kappa shape index (κ2) is 11.5. The van der Waals surface area contributed by atoms with Crippen molar-refractivity contribution in [1.82, 2.24) is 20.2 Å². The van der Waals surface area contributed by atoms with Crippen LogP contribution >= 0.6 is 34.9 Å². The molecule has 42 heavy (non-hydrogen) atoms. The Hall–Kier alpha value is -4.30. The van der Waals surface area contributed by atoms with E-state index in [9.17, 15) is 29.4 Å². The summed E-state index contributed by atoms with van der Waals surface area (Å²) in [5, 5.41) is 26.8. The van der Waals surface area contributed by atoms with E-state index in [0.29, 0.717) is 10.7 Å². The summed E-state index contributed by atoms with van der Waals surface area (Å²) in [5.41, 5.74) is 21.5. The van der Waals surface area contributed by atoms with Gasteiger partial charge >= 0.3 is 17.1 Å². The summed E-state index contributed by atoms with van der Waals surface area (Å²) in [7, 11) is 1.63. The summed E-state index contributed by atoms with van der Waals surface area (Å²) in [6.07, 6.45) is 0. The number of thioether (sulfide) groups is 2. The number of oxime groups is 1. The number of nitrogens with two attached hydrogens (primary N) is 4. The maximum Gasteiger partial charge on any atom is 0.352 e. The van der Waals surface area contributed by atoms with Crippen molar-refractivity contribution in [3.8, 4) is 0 Å². The van der Waals surface area contributed by atoms with E-state index in [1.807, 2.05) is 0 Å². The van der Waals surface area contributed by atoms with Crippen LogP contribution in [0.25, 0.3) is 0 Å². The third-order valence-corrected chi connectivity index (χ3v) is 9.32. The Labute approximate surface area is 250 Å². The van der Waals surface area contributed by atoms with Gasteiger partial charge in [0.05, 0.1) is 7.05 Å². The fourth-order valence-electron chi connectivity index (χ4n) is 3.74. The molecule has 2 amide bonds. The zero-order valence-corrected chi connectivity index (χ0v) is 24.8.